The second-order valence-corrected chi connectivity index (χ2v) is 14.6. The first-order chi connectivity index (χ1) is 19.8. The van der Waals surface area contributed by atoms with Crippen molar-refractivity contribution in [1.29, 1.82) is 0 Å². The van der Waals surface area contributed by atoms with Gasteiger partial charge >= 0.3 is 12.1 Å². The van der Waals surface area contributed by atoms with Gasteiger partial charge in [0.25, 0.3) is 0 Å². The van der Waals surface area contributed by atoms with Crippen molar-refractivity contribution in [3.63, 3.8) is 0 Å². The Morgan fingerprint density at radius 2 is 1.81 bits per heavy atom. The largest absolute Gasteiger partial charge is 0.482 e. The van der Waals surface area contributed by atoms with E-state index in [9.17, 15) is 9.59 Å². The number of benzene rings is 1. The highest BCUT2D eigenvalue weighted by Crippen LogP contribution is 2.51. The molecular weight excluding hydrogens is 530 g/mol. The lowest BCUT2D eigenvalue weighted by atomic mass is 9.79. The summed E-state index contributed by atoms with van der Waals surface area (Å²) in [6.07, 6.45) is 5.20. The van der Waals surface area contributed by atoms with Gasteiger partial charge in [0, 0.05) is 61.4 Å². The van der Waals surface area contributed by atoms with Crippen LogP contribution in [0.3, 0.4) is 0 Å². The van der Waals surface area contributed by atoms with Crippen LogP contribution in [0.5, 0.6) is 5.75 Å². The lowest BCUT2D eigenvalue weighted by Crippen LogP contribution is -2.54. The van der Waals surface area contributed by atoms with Gasteiger partial charge < -0.3 is 24.6 Å². The van der Waals surface area contributed by atoms with Crippen molar-refractivity contribution >= 4 is 12.1 Å². The van der Waals surface area contributed by atoms with Gasteiger partial charge in [-0.25, -0.2) is 9.59 Å². The zero-order valence-electron chi connectivity index (χ0n) is 26.4. The Balaban J connectivity index is 1.28. The molecule has 1 atom stereocenters. The van der Waals surface area contributed by atoms with Gasteiger partial charge in [-0.2, -0.15) is 5.10 Å². The van der Waals surface area contributed by atoms with Crippen LogP contribution in [0.1, 0.15) is 96.0 Å². The van der Waals surface area contributed by atoms with Gasteiger partial charge in [-0.1, -0.05) is 6.07 Å². The molecule has 228 valence electrons. The summed E-state index contributed by atoms with van der Waals surface area (Å²) in [4.78, 5) is 29.8. The highest BCUT2D eigenvalue weighted by atomic mass is 16.6. The molecule has 0 radical (unpaired) electrons. The standard InChI is InChI=1S/C33H47N5O4/c1-21-8-11-25-26(18-21)41-33(13-16-36(17-14-33)29(39)34-20-23-9-10-23)27-22(2)38(35-28(25)27)24-12-15-37(32(6,7)19-24)30(40)42-31(3,4)5/h8,11,18,23-24H,9-10,12-17,19-20H2,1-7H3,(H,34,39)/t24-/m1/s1. The number of ether oxygens (including phenoxy) is 2. The van der Waals surface area contributed by atoms with E-state index >= 15 is 0 Å². The van der Waals surface area contributed by atoms with Crippen molar-refractivity contribution < 1.29 is 19.1 Å². The molecular formula is C33H47N5O4. The van der Waals surface area contributed by atoms with Gasteiger partial charge in [-0.15, -0.1) is 0 Å². The number of rotatable bonds is 3. The molecule has 1 aromatic carbocycles. The number of nitrogens with zero attached hydrogens (tertiary/aromatic N) is 4. The maximum absolute atomic E-state index is 13.0. The molecule has 2 saturated heterocycles. The normalized spacial score (nSPS) is 22.7. The highest BCUT2D eigenvalue weighted by Gasteiger charge is 2.49. The number of urea groups is 1. The first-order valence-electron chi connectivity index (χ1n) is 15.7. The summed E-state index contributed by atoms with van der Waals surface area (Å²) in [5, 5.41) is 8.44. The fourth-order valence-corrected chi connectivity index (χ4v) is 7.10. The van der Waals surface area contributed by atoms with Gasteiger partial charge in [0.1, 0.15) is 22.6 Å². The van der Waals surface area contributed by atoms with Crippen LogP contribution in [0.25, 0.3) is 11.3 Å². The molecule has 3 fully saturated rings. The Morgan fingerprint density at radius 3 is 2.45 bits per heavy atom. The second kappa shape index (κ2) is 10.2. The molecule has 42 heavy (non-hydrogen) atoms. The Hall–Kier alpha value is -3.23. The Labute approximate surface area is 249 Å². The molecule has 6 rings (SSSR count). The number of carbonyl (C=O) groups is 2. The van der Waals surface area contributed by atoms with E-state index in [1.807, 2.05) is 30.6 Å². The quantitative estimate of drug-likeness (QED) is 0.461. The summed E-state index contributed by atoms with van der Waals surface area (Å²) in [5.74, 6) is 1.53. The van der Waals surface area contributed by atoms with Gasteiger partial charge in [-0.05, 0) is 97.8 Å². The fourth-order valence-electron chi connectivity index (χ4n) is 7.10. The molecule has 1 aromatic heterocycles. The number of carbonyl (C=O) groups excluding carboxylic acids is 2. The van der Waals surface area contributed by atoms with Crippen molar-refractivity contribution in [1.82, 2.24) is 24.9 Å². The van der Waals surface area contributed by atoms with E-state index in [1.165, 1.54) is 12.8 Å². The monoisotopic (exact) mass is 577 g/mol. The number of hydrogen-bond acceptors (Lipinski definition) is 5. The Morgan fingerprint density at radius 1 is 1.10 bits per heavy atom. The summed E-state index contributed by atoms with van der Waals surface area (Å²) in [7, 11) is 0. The third kappa shape index (κ3) is 5.35. The molecule has 3 aliphatic heterocycles. The van der Waals surface area contributed by atoms with Crippen molar-refractivity contribution in [2.45, 2.75) is 110 Å². The third-order valence-electron chi connectivity index (χ3n) is 9.51. The van der Waals surface area contributed by atoms with Gasteiger partial charge in [0.15, 0.2) is 0 Å². The second-order valence-electron chi connectivity index (χ2n) is 14.6. The lowest BCUT2D eigenvalue weighted by molar-refractivity contribution is -0.0145. The molecule has 4 heterocycles. The average molecular weight is 578 g/mol. The van der Waals surface area contributed by atoms with Crippen LogP contribution in [0, 0.1) is 19.8 Å². The van der Waals surface area contributed by atoms with Gasteiger partial charge in [0.2, 0.25) is 0 Å². The van der Waals surface area contributed by atoms with E-state index < -0.39 is 11.2 Å². The van der Waals surface area contributed by atoms with Crippen molar-refractivity contribution in [2.75, 3.05) is 26.2 Å². The van der Waals surface area contributed by atoms with E-state index in [2.05, 4.69) is 55.9 Å². The lowest BCUT2D eigenvalue weighted by Gasteiger charge is -2.46. The minimum atomic E-state index is -0.533. The fraction of sp³-hybridized carbons (Fsp3) is 0.667. The molecule has 9 nitrogen and oxygen atoms in total. The molecule has 0 unspecified atom stereocenters. The molecule has 1 N–H and O–H groups in total. The van der Waals surface area contributed by atoms with Crippen molar-refractivity contribution in [3.05, 3.63) is 35.0 Å². The summed E-state index contributed by atoms with van der Waals surface area (Å²) in [6.45, 7) is 16.9. The SMILES string of the molecule is Cc1ccc2c(c1)OC1(CCN(C(=O)NCC3CC3)CC1)c1c-2nn([C@@H]2CCN(C(=O)OC(C)(C)C)C(C)(C)C2)c1C. The van der Waals surface area contributed by atoms with E-state index in [-0.39, 0.29) is 23.7 Å². The highest BCUT2D eigenvalue weighted by molar-refractivity contribution is 5.76. The average Bonchev–Trinajstić information content (AvgIpc) is 3.66. The Bertz CT molecular complexity index is 1380. The Kier molecular flexibility index (Phi) is 7.01. The van der Waals surface area contributed by atoms with Crippen LogP contribution in [-0.2, 0) is 10.3 Å². The predicted octanol–water partition coefficient (Wildman–Crippen LogP) is 6.32. The van der Waals surface area contributed by atoms with Crippen LogP contribution in [0.2, 0.25) is 0 Å². The molecule has 0 bridgehead atoms. The molecule has 2 aromatic rings. The molecule has 1 saturated carbocycles. The topological polar surface area (TPSA) is 88.9 Å². The molecule has 4 aliphatic rings. The third-order valence-corrected chi connectivity index (χ3v) is 9.51. The first-order valence-corrected chi connectivity index (χ1v) is 15.7. The maximum atomic E-state index is 13.0. The van der Waals surface area contributed by atoms with Crippen LogP contribution in [0.15, 0.2) is 18.2 Å². The summed E-state index contributed by atoms with van der Waals surface area (Å²) >= 11 is 0. The zero-order chi connectivity index (χ0) is 30.0. The number of hydrogen-bond donors (Lipinski definition) is 1. The van der Waals surface area contributed by atoms with Gasteiger partial charge in [-0.3, -0.25) is 4.68 Å². The van der Waals surface area contributed by atoms with Crippen molar-refractivity contribution in [2.24, 2.45) is 5.92 Å². The van der Waals surface area contributed by atoms with E-state index in [4.69, 9.17) is 14.6 Å². The van der Waals surface area contributed by atoms with E-state index in [1.54, 1.807) is 0 Å². The molecule has 1 spiro atoms. The molecule has 3 amide bonds. The van der Waals surface area contributed by atoms with Crippen LogP contribution < -0.4 is 10.1 Å². The minimum absolute atomic E-state index is 0.0374. The number of fused-ring (bicyclic) bond motifs is 4. The molecule has 1 aliphatic carbocycles. The van der Waals surface area contributed by atoms with Crippen LogP contribution >= 0.6 is 0 Å². The number of amides is 3. The maximum Gasteiger partial charge on any atom is 0.410 e. The zero-order valence-corrected chi connectivity index (χ0v) is 26.4. The van der Waals surface area contributed by atoms with Crippen molar-refractivity contribution in [3.8, 4) is 17.0 Å². The number of piperidine rings is 2. The number of likely N-dealkylation sites (tertiary alicyclic amines) is 2. The van der Waals surface area contributed by atoms with Crippen LogP contribution in [-0.4, -0.2) is 69.0 Å². The summed E-state index contributed by atoms with van der Waals surface area (Å²) < 4.78 is 14.9. The summed E-state index contributed by atoms with van der Waals surface area (Å²) in [5.41, 5.74) is 4.00. The van der Waals surface area contributed by atoms with E-state index in [0.29, 0.717) is 25.6 Å². The smallest absolute Gasteiger partial charge is 0.410 e. The number of aryl methyl sites for hydroxylation is 1. The van der Waals surface area contributed by atoms with Gasteiger partial charge in [0.05, 0.1) is 6.04 Å². The van der Waals surface area contributed by atoms with E-state index in [0.717, 1.165) is 66.1 Å². The van der Waals surface area contributed by atoms with Crippen LogP contribution in [0.4, 0.5) is 9.59 Å². The summed E-state index contributed by atoms with van der Waals surface area (Å²) in [6, 6.07) is 6.54. The molecule has 9 heteroatoms. The minimum Gasteiger partial charge on any atom is -0.482 e. The first kappa shape index (κ1) is 28.9. The number of aromatic nitrogens is 2. The predicted molar refractivity (Wildman–Crippen MR) is 162 cm³/mol. The number of nitrogens with one attached hydrogen (secondary N) is 1.